The lowest BCUT2D eigenvalue weighted by Crippen LogP contribution is -2.12. The summed E-state index contributed by atoms with van der Waals surface area (Å²) in [6.45, 7) is 6.65. The van der Waals surface area contributed by atoms with Crippen molar-refractivity contribution < 1.29 is 9.53 Å². The van der Waals surface area contributed by atoms with Crippen LogP contribution in [0.5, 0.6) is 5.75 Å². The number of nitrogens with zero attached hydrogens (tertiary/aromatic N) is 2. The molecule has 0 spiro atoms. The number of rotatable bonds is 7. The number of carbonyl (C=O) groups excluding carboxylic acids is 1. The molecular formula is C16H21N3O2S. The van der Waals surface area contributed by atoms with Gasteiger partial charge in [0.2, 0.25) is 11.0 Å². The van der Waals surface area contributed by atoms with Crippen molar-refractivity contribution in [1.82, 2.24) is 10.2 Å². The van der Waals surface area contributed by atoms with Crippen molar-refractivity contribution in [3.8, 4) is 5.75 Å². The minimum absolute atomic E-state index is 0.0565. The van der Waals surface area contributed by atoms with Gasteiger partial charge in [-0.25, -0.2) is 0 Å². The fraction of sp³-hybridized carbons (Fsp3) is 0.438. The molecule has 0 fully saturated rings. The maximum atomic E-state index is 11.8. The smallest absolute Gasteiger partial charge is 0.226 e. The Balaban J connectivity index is 1.68. The Morgan fingerprint density at radius 3 is 2.64 bits per heavy atom. The second kappa shape index (κ2) is 7.89. The van der Waals surface area contributed by atoms with Crippen molar-refractivity contribution in [3.63, 3.8) is 0 Å². The number of nitrogens with one attached hydrogen (secondary N) is 1. The molecule has 0 saturated carbocycles. The van der Waals surface area contributed by atoms with Crippen molar-refractivity contribution in [1.29, 1.82) is 0 Å². The molecule has 0 aliphatic heterocycles. The maximum Gasteiger partial charge on any atom is 0.226 e. The number of benzene rings is 1. The molecule has 2 rings (SSSR count). The molecule has 0 bridgehead atoms. The SMILES string of the molecule is Cc1ccc(OCCCC(=O)Nc2nnc(C(C)C)s2)cc1. The van der Waals surface area contributed by atoms with Gasteiger partial charge in [-0.05, 0) is 25.5 Å². The van der Waals surface area contributed by atoms with E-state index in [1.54, 1.807) is 0 Å². The zero-order valence-electron chi connectivity index (χ0n) is 13.1. The van der Waals surface area contributed by atoms with E-state index in [-0.39, 0.29) is 5.91 Å². The zero-order chi connectivity index (χ0) is 15.9. The summed E-state index contributed by atoms with van der Waals surface area (Å²) in [5.41, 5.74) is 1.20. The molecule has 5 nitrogen and oxygen atoms in total. The van der Waals surface area contributed by atoms with Crippen LogP contribution >= 0.6 is 11.3 Å². The van der Waals surface area contributed by atoms with Crippen molar-refractivity contribution in [2.45, 2.75) is 39.5 Å². The largest absolute Gasteiger partial charge is 0.494 e. The Morgan fingerprint density at radius 1 is 1.27 bits per heavy atom. The zero-order valence-corrected chi connectivity index (χ0v) is 13.9. The fourth-order valence-electron chi connectivity index (χ4n) is 1.76. The van der Waals surface area contributed by atoms with E-state index in [0.29, 0.717) is 30.5 Å². The Kier molecular flexibility index (Phi) is 5.89. The minimum Gasteiger partial charge on any atom is -0.494 e. The lowest BCUT2D eigenvalue weighted by molar-refractivity contribution is -0.116. The summed E-state index contributed by atoms with van der Waals surface area (Å²) in [5, 5.41) is 12.3. The topological polar surface area (TPSA) is 64.1 Å². The predicted molar refractivity (Wildman–Crippen MR) is 88.5 cm³/mol. The summed E-state index contributed by atoms with van der Waals surface area (Å²) in [6, 6.07) is 7.88. The molecule has 2 aromatic rings. The third kappa shape index (κ3) is 5.11. The van der Waals surface area contributed by atoms with Gasteiger partial charge in [-0.2, -0.15) is 0 Å². The van der Waals surface area contributed by atoms with Gasteiger partial charge in [0.25, 0.3) is 0 Å². The molecule has 0 atom stereocenters. The van der Waals surface area contributed by atoms with Crippen molar-refractivity contribution in [2.75, 3.05) is 11.9 Å². The Bertz CT molecular complexity index is 608. The van der Waals surface area contributed by atoms with Crippen molar-refractivity contribution >= 4 is 22.4 Å². The highest BCUT2D eigenvalue weighted by atomic mass is 32.1. The third-order valence-electron chi connectivity index (χ3n) is 3.02. The molecular weight excluding hydrogens is 298 g/mol. The van der Waals surface area contributed by atoms with Gasteiger partial charge in [-0.3, -0.25) is 4.79 Å². The molecule has 0 aliphatic rings. The molecule has 1 aromatic heterocycles. The lowest BCUT2D eigenvalue weighted by atomic mass is 10.2. The van der Waals surface area contributed by atoms with E-state index in [1.807, 2.05) is 31.2 Å². The highest BCUT2D eigenvalue weighted by Crippen LogP contribution is 2.22. The van der Waals surface area contributed by atoms with Gasteiger partial charge in [0.05, 0.1) is 6.61 Å². The van der Waals surface area contributed by atoms with Crippen LogP contribution in [0, 0.1) is 6.92 Å². The van der Waals surface area contributed by atoms with Gasteiger partial charge >= 0.3 is 0 Å². The standard InChI is InChI=1S/C16H21N3O2S/c1-11(2)15-18-19-16(22-15)17-14(20)5-4-10-21-13-8-6-12(3)7-9-13/h6-9,11H,4-5,10H2,1-3H3,(H,17,19,20). The molecule has 0 aliphatic carbocycles. The fourth-order valence-corrected chi connectivity index (χ4v) is 2.52. The van der Waals surface area contributed by atoms with E-state index >= 15 is 0 Å². The van der Waals surface area contributed by atoms with Gasteiger partial charge < -0.3 is 10.1 Å². The molecule has 1 aromatic carbocycles. The van der Waals surface area contributed by atoms with Gasteiger partial charge in [0.1, 0.15) is 10.8 Å². The number of ether oxygens (including phenoxy) is 1. The van der Waals surface area contributed by atoms with E-state index in [2.05, 4.69) is 29.4 Å². The van der Waals surface area contributed by atoms with Crippen LogP contribution in [0.3, 0.4) is 0 Å². The summed E-state index contributed by atoms with van der Waals surface area (Å²) in [6.07, 6.45) is 1.07. The highest BCUT2D eigenvalue weighted by molar-refractivity contribution is 7.15. The van der Waals surface area contributed by atoms with E-state index in [0.717, 1.165) is 10.8 Å². The van der Waals surface area contributed by atoms with Crippen LogP contribution in [0.25, 0.3) is 0 Å². The highest BCUT2D eigenvalue weighted by Gasteiger charge is 2.10. The van der Waals surface area contributed by atoms with Gasteiger partial charge in [-0.1, -0.05) is 42.9 Å². The van der Waals surface area contributed by atoms with Crippen LogP contribution in [-0.2, 0) is 4.79 Å². The quantitative estimate of drug-likeness (QED) is 0.789. The monoisotopic (exact) mass is 319 g/mol. The normalized spacial score (nSPS) is 10.7. The summed E-state index contributed by atoms with van der Waals surface area (Å²) in [7, 11) is 0. The van der Waals surface area contributed by atoms with Gasteiger partial charge in [0, 0.05) is 12.3 Å². The van der Waals surface area contributed by atoms with Crippen molar-refractivity contribution in [2.24, 2.45) is 0 Å². The van der Waals surface area contributed by atoms with E-state index in [9.17, 15) is 4.79 Å². The summed E-state index contributed by atoms with van der Waals surface area (Å²) in [5.74, 6) is 1.10. The van der Waals surface area contributed by atoms with Crippen LogP contribution in [0.1, 0.15) is 43.2 Å². The van der Waals surface area contributed by atoms with Crippen LogP contribution in [0.2, 0.25) is 0 Å². The predicted octanol–water partition coefficient (Wildman–Crippen LogP) is 3.77. The minimum atomic E-state index is -0.0565. The third-order valence-corrected chi connectivity index (χ3v) is 4.16. The average Bonchev–Trinajstić information content (AvgIpc) is 2.94. The lowest BCUT2D eigenvalue weighted by Gasteiger charge is -2.06. The number of aromatic nitrogens is 2. The molecule has 22 heavy (non-hydrogen) atoms. The first kappa shape index (κ1) is 16.4. The Morgan fingerprint density at radius 2 is 2.00 bits per heavy atom. The second-order valence-corrected chi connectivity index (χ2v) is 6.42. The molecule has 6 heteroatoms. The summed E-state index contributed by atoms with van der Waals surface area (Å²) < 4.78 is 5.59. The van der Waals surface area contributed by atoms with Crippen molar-refractivity contribution in [3.05, 3.63) is 34.8 Å². The number of anilines is 1. The van der Waals surface area contributed by atoms with Crippen LogP contribution in [0.15, 0.2) is 24.3 Å². The second-order valence-electron chi connectivity index (χ2n) is 5.41. The first-order valence-corrected chi connectivity index (χ1v) is 8.19. The first-order valence-electron chi connectivity index (χ1n) is 7.37. The summed E-state index contributed by atoms with van der Waals surface area (Å²) in [4.78, 5) is 11.8. The Hall–Kier alpha value is -1.95. The number of amides is 1. The molecule has 0 saturated heterocycles. The summed E-state index contributed by atoms with van der Waals surface area (Å²) >= 11 is 1.42. The number of hydrogen-bond donors (Lipinski definition) is 1. The van der Waals surface area contributed by atoms with Crippen LogP contribution in [-0.4, -0.2) is 22.7 Å². The molecule has 0 unspecified atom stereocenters. The Labute approximate surface area is 134 Å². The molecule has 1 heterocycles. The van der Waals surface area contributed by atoms with E-state index in [1.165, 1.54) is 16.9 Å². The maximum absolute atomic E-state index is 11.8. The molecule has 1 N–H and O–H groups in total. The number of hydrogen-bond acceptors (Lipinski definition) is 5. The first-order chi connectivity index (χ1) is 10.5. The van der Waals surface area contributed by atoms with Gasteiger partial charge in [0.15, 0.2) is 0 Å². The van der Waals surface area contributed by atoms with Gasteiger partial charge in [-0.15, -0.1) is 10.2 Å². The average molecular weight is 319 g/mol. The molecule has 0 radical (unpaired) electrons. The van der Waals surface area contributed by atoms with E-state index < -0.39 is 0 Å². The van der Waals surface area contributed by atoms with Crippen LogP contribution in [0.4, 0.5) is 5.13 Å². The number of aryl methyl sites for hydroxylation is 1. The molecule has 1 amide bonds. The number of carbonyl (C=O) groups is 1. The van der Waals surface area contributed by atoms with E-state index in [4.69, 9.17) is 4.74 Å². The van der Waals surface area contributed by atoms with Crippen LogP contribution < -0.4 is 10.1 Å². The molecule has 118 valence electrons.